The van der Waals surface area contributed by atoms with Gasteiger partial charge in [-0.2, -0.15) is 0 Å². The first-order chi connectivity index (χ1) is 11.1. The van der Waals surface area contributed by atoms with E-state index in [1.165, 1.54) is 6.07 Å². The predicted molar refractivity (Wildman–Crippen MR) is 90.6 cm³/mol. The molecule has 5 heteroatoms. The van der Waals surface area contributed by atoms with Crippen molar-refractivity contribution in [3.63, 3.8) is 0 Å². The van der Waals surface area contributed by atoms with Crippen LogP contribution in [-0.4, -0.2) is 55.0 Å². The van der Waals surface area contributed by atoms with E-state index in [-0.39, 0.29) is 11.7 Å². The van der Waals surface area contributed by atoms with Gasteiger partial charge in [-0.3, -0.25) is 9.69 Å². The van der Waals surface area contributed by atoms with Crippen molar-refractivity contribution < 1.29 is 9.18 Å². The van der Waals surface area contributed by atoms with E-state index in [0.717, 1.165) is 38.9 Å². The van der Waals surface area contributed by atoms with Crippen LogP contribution in [0.15, 0.2) is 24.3 Å². The lowest BCUT2D eigenvalue weighted by atomic mass is 10.0. The van der Waals surface area contributed by atoms with Crippen LogP contribution in [0.25, 0.3) is 0 Å². The van der Waals surface area contributed by atoms with E-state index in [9.17, 15) is 9.18 Å². The van der Waals surface area contributed by atoms with E-state index in [2.05, 4.69) is 17.1 Å². The summed E-state index contributed by atoms with van der Waals surface area (Å²) in [5, 5.41) is 3.36. The molecule has 1 fully saturated rings. The van der Waals surface area contributed by atoms with Gasteiger partial charge in [-0.05, 0) is 45.0 Å². The molecule has 0 bridgehead atoms. The maximum Gasteiger partial charge on any atom is 0.236 e. The van der Waals surface area contributed by atoms with Crippen LogP contribution < -0.4 is 5.32 Å². The topological polar surface area (TPSA) is 35.6 Å². The number of amides is 1. The highest BCUT2D eigenvalue weighted by Crippen LogP contribution is 2.14. The first-order valence-corrected chi connectivity index (χ1v) is 8.54. The molecule has 1 amide bonds. The first kappa shape index (κ1) is 17.9. The Balaban J connectivity index is 1.93. The van der Waals surface area contributed by atoms with Crippen molar-refractivity contribution in [3.05, 3.63) is 35.6 Å². The molecule has 1 N–H and O–H groups in total. The number of rotatable bonds is 7. The van der Waals surface area contributed by atoms with Gasteiger partial charge >= 0.3 is 0 Å². The van der Waals surface area contributed by atoms with Gasteiger partial charge in [0.05, 0.1) is 6.54 Å². The molecule has 0 atom stereocenters. The van der Waals surface area contributed by atoms with Crippen LogP contribution in [0.4, 0.5) is 4.39 Å². The van der Waals surface area contributed by atoms with Gasteiger partial charge in [0.1, 0.15) is 5.82 Å². The van der Waals surface area contributed by atoms with Gasteiger partial charge in [-0.1, -0.05) is 25.1 Å². The summed E-state index contributed by atoms with van der Waals surface area (Å²) < 4.78 is 13.7. The second-order valence-corrected chi connectivity index (χ2v) is 6.29. The average molecular weight is 321 g/mol. The number of hydrogen-bond acceptors (Lipinski definition) is 3. The van der Waals surface area contributed by atoms with E-state index >= 15 is 0 Å². The summed E-state index contributed by atoms with van der Waals surface area (Å²) in [6, 6.07) is 7.11. The molecule has 0 aliphatic carbocycles. The number of nitrogens with one attached hydrogen (secondary N) is 1. The highest BCUT2D eigenvalue weighted by atomic mass is 19.1. The zero-order valence-corrected chi connectivity index (χ0v) is 14.2. The SMILES string of the molecule is CCCN(CC(=O)N(C)Cc1ccccc1F)C1CCNCC1. The van der Waals surface area contributed by atoms with Crippen LogP contribution in [0, 0.1) is 5.82 Å². The molecule has 0 spiro atoms. The molecule has 1 aromatic carbocycles. The summed E-state index contributed by atoms with van der Waals surface area (Å²) in [5.41, 5.74) is 0.562. The fourth-order valence-electron chi connectivity index (χ4n) is 3.11. The maximum atomic E-state index is 13.7. The molecular weight excluding hydrogens is 293 g/mol. The summed E-state index contributed by atoms with van der Waals surface area (Å²) in [5.74, 6) is -0.198. The van der Waals surface area contributed by atoms with Crippen molar-refractivity contribution in [1.29, 1.82) is 0 Å². The number of nitrogens with zero attached hydrogens (tertiary/aromatic N) is 2. The summed E-state index contributed by atoms with van der Waals surface area (Å²) in [4.78, 5) is 16.5. The normalized spacial score (nSPS) is 15.8. The zero-order chi connectivity index (χ0) is 16.7. The van der Waals surface area contributed by atoms with E-state index < -0.39 is 0 Å². The molecule has 1 aliphatic rings. The van der Waals surface area contributed by atoms with Gasteiger partial charge in [0.25, 0.3) is 0 Å². The third kappa shape index (κ3) is 5.29. The predicted octanol–water partition coefficient (Wildman–Crippen LogP) is 2.25. The average Bonchev–Trinajstić information content (AvgIpc) is 2.57. The van der Waals surface area contributed by atoms with E-state index in [4.69, 9.17) is 0 Å². The molecular formula is C18H28FN3O. The number of carbonyl (C=O) groups excluding carboxylic acids is 1. The zero-order valence-electron chi connectivity index (χ0n) is 14.2. The first-order valence-electron chi connectivity index (χ1n) is 8.54. The molecule has 23 heavy (non-hydrogen) atoms. The number of hydrogen-bond donors (Lipinski definition) is 1. The molecule has 0 saturated carbocycles. The number of likely N-dealkylation sites (N-methyl/N-ethyl adjacent to an activating group) is 1. The lowest BCUT2D eigenvalue weighted by Crippen LogP contribution is -2.47. The van der Waals surface area contributed by atoms with Gasteiger partial charge in [-0.15, -0.1) is 0 Å². The number of benzene rings is 1. The summed E-state index contributed by atoms with van der Waals surface area (Å²) in [6.07, 6.45) is 3.21. The lowest BCUT2D eigenvalue weighted by molar-refractivity contribution is -0.132. The molecule has 1 aliphatic heterocycles. The van der Waals surface area contributed by atoms with Crippen molar-refractivity contribution in [3.8, 4) is 0 Å². The summed E-state index contributed by atoms with van der Waals surface area (Å²) in [7, 11) is 1.75. The van der Waals surface area contributed by atoms with Gasteiger partial charge in [0, 0.05) is 25.2 Å². The van der Waals surface area contributed by atoms with Crippen molar-refractivity contribution in [2.45, 2.75) is 38.8 Å². The molecule has 4 nitrogen and oxygen atoms in total. The molecule has 128 valence electrons. The minimum Gasteiger partial charge on any atom is -0.340 e. The van der Waals surface area contributed by atoms with Gasteiger partial charge in [0.2, 0.25) is 5.91 Å². The van der Waals surface area contributed by atoms with Gasteiger partial charge in [0.15, 0.2) is 0 Å². The second-order valence-electron chi connectivity index (χ2n) is 6.29. The Morgan fingerprint density at radius 2 is 2.00 bits per heavy atom. The van der Waals surface area contributed by atoms with Crippen molar-refractivity contribution >= 4 is 5.91 Å². The van der Waals surface area contributed by atoms with E-state index in [1.54, 1.807) is 30.1 Å². The quantitative estimate of drug-likeness (QED) is 0.837. The van der Waals surface area contributed by atoms with E-state index in [1.807, 2.05) is 0 Å². The second kappa shape index (κ2) is 8.99. The summed E-state index contributed by atoms with van der Waals surface area (Å²) >= 11 is 0. The monoisotopic (exact) mass is 321 g/mol. The lowest BCUT2D eigenvalue weighted by Gasteiger charge is -2.35. The Labute approximate surface area is 138 Å². The Morgan fingerprint density at radius 3 is 2.65 bits per heavy atom. The third-order valence-electron chi connectivity index (χ3n) is 4.47. The molecule has 1 saturated heterocycles. The van der Waals surface area contributed by atoms with Gasteiger partial charge in [-0.25, -0.2) is 4.39 Å². The van der Waals surface area contributed by atoms with Crippen LogP contribution in [0.5, 0.6) is 0 Å². The van der Waals surface area contributed by atoms with Crippen molar-refractivity contribution in [2.24, 2.45) is 0 Å². The van der Waals surface area contributed by atoms with Crippen LogP contribution in [-0.2, 0) is 11.3 Å². The maximum absolute atomic E-state index is 13.7. The van der Waals surface area contributed by atoms with E-state index in [0.29, 0.717) is 24.7 Å². The molecule has 0 aromatic heterocycles. The van der Waals surface area contributed by atoms with Crippen LogP contribution >= 0.6 is 0 Å². The fourth-order valence-corrected chi connectivity index (χ4v) is 3.11. The molecule has 1 heterocycles. The Bertz CT molecular complexity index is 503. The highest BCUT2D eigenvalue weighted by molar-refractivity contribution is 5.78. The standard InChI is InChI=1S/C18H28FN3O/c1-3-12-22(16-8-10-20-11-9-16)14-18(23)21(2)13-15-6-4-5-7-17(15)19/h4-7,16,20H,3,8-14H2,1-2H3. The molecule has 0 unspecified atom stereocenters. The van der Waals surface area contributed by atoms with Crippen LogP contribution in [0.1, 0.15) is 31.7 Å². The summed E-state index contributed by atoms with van der Waals surface area (Å²) in [6.45, 7) is 5.85. The Kier molecular flexibility index (Phi) is 6.99. The molecule has 0 radical (unpaired) electrons. The van der Waals surface area contributed by atoms with Crippen molar-refractivity contribution in [2.75, 3.05) is 33.2 Å². The fraction of sp³-hybridized carbons (Fsp3) is 0.611. The smallest absolute Gasteiger partial charge is 0.236 e. The number of carbonyl (C=O) groups is 1. The van der Waals surface area contributed by atoms with Crippen LogP contribution in [0.2, 0.25) is 0 Å². The minimum atomic E-state index is -0.254. The minimum absolute atomic E-state index is 0.0558. The largest absolute Gasteiger partial charge is 0.340 e. The molecule has 2 rings (SSSR count). The Hall–Kier alpha value is -1.46. The highest BCUT2D eigenvalue weighted by Gasteiger charge is 2.23. The van der Waals surface area contributed by atoms with Gasteiger partial charge < -0.3 is 10.2 Å². The number of piperidine rings is 1. The number of halogens is 1. The Morgan fingerprint density at radius 1 is 1.30 bits per heavy atom. The van der Waals surface area contributed by atoms with Crippen LogP contribution in [0.3, 0.4) is 0 Å². The van der Waals surface area contributed by atoms with Crippen molar-refractivity contribution in [1.82, 2.24) is 15.1 Å². The third-order valence-corrected chi connectivity index (χ3v) is 4.47. The molecule has 1 aromatic rings.